The number of hydrogen-bond acceptors (Lipinski definition) is 5. The molecule has 5 nitrogen and oxygen atoms in total. The number of ether oxygens (including phenoxy) is 1. The fraction of sp³-hybridized carbons (Fsp3) is 0.923. The molecule has 0 fully saturated rings. The molecular weight excluding hydrogens is 264 g/mol. The van der Waals surface area contributed by atoms with Crippen LogP contribution in [0.1, 0.15) is 33.6 Å². The summed E-state index contributed by atoms with van der Waals surface area (Å²) < 4.78 is 5.69. The van der Waals surface area contributed by atoms with Crippen molar-refractivity contribution < 1.29 is 14.4 Å². The van der Waals surface area contributed by atoms with Gasteiger partial charge in [0.15, 0.2) is 0 Å². The lowest BCUT2D eigenvalue weighted by atomic mass is 9.84. The van der Waals surface area contributed by atoms with E-state index in [0.29, 0.717) is 18.6 Å². The minimum Gasteiger partial charge on any atom is -0.377 e. The van der Waals surface area contributed by atoms with Crippen LogP contribution in [0.2, 0.25) is 0 Å². The highest BCUT2D eigenvalue weighted by Crippen LogP contribution is 2.28. The normalized spacial score (nSPS) is 13.3. The highest BCUT2D eigenvalue weighted by molar-refractivity contribution is 7.98. The second-order valence-corrected chi connectivity index (χ2v) is 6.44. The van der Waals surface area contributed by atoms with Crippen LogP contribution in [0.5, 0.6) is 0 Å². The van der Waals surface area contributed by atoms with Crippen LogP contribution in [0.4, 0.5) is 0 Å². The lowest BCUT2D eigenvalue weighted by molar-refractivity contribution is -0.126. The Labute approximate surface area is 120 Å². The molecule has 1 unspecified atom stereocenters. The van der Waals surface area contributed by atoms with Gasteiger partial charge in [0, 0.05) is 6.54 Å². The van der Waals surface area contributed by atoms with Gasteiger partial charge in [-0.15, -0.1) is 0 Å². The van der Waals surface area contributed by atoms with Crippen LogP contribution in [0, 0.1) is 5.41 Å². The summed E-state index contributed by atoms with van der Waals surface area (Å²) in [6, 6.07) is 0. The minimum atomic E-state index is -0.223. The van der Waals surface area contributed by atoms with E-state index in [1.165, 1.54) is 12.2 Å². The Hall–Kier alpha value is -0.300. The van der Waals surface area contributed by atoms with Gasteiger partial charge in [0.25, 0.3) is 0 Å². The van der Waals surface area contributed by atoms with Gasteiger partial charge < -0.3 is 10.1 Å². The molecule has 0 bridgehead atoms. The monoisotopic (exact) mass is 292 g/mol. The van der Waals surface area contributed by atoms with Gasteiger partial charge in [0.1, 0.15) is 6.61 Å². The van der Waals surface area contributed by atoms with Crippen LogP contribution in [-0.2, 0) is 14.4 Å². The van der Waals surface area contributed by atoms with E-state index in [4.69, 9.17) is 10.6 Å². The van der Waals surface area contributed by atoms with Gasteiger partial charge in [0.2, 0.25) is 5.91 Å². The molecule has 0 saturated heterocycles. The molecule has 0 aromatic carbocycles. The van der Waals surface area contributed by atoms with E-state index < -0.39 is 0 Å². The third-order valence-corrected chi connectivity index (χ3v) is 3.48. The average molecular weight is 292 g/mol. The Morgan fingerprint density at radius 2 is 2.16 bits per heavy atom. The Bertz CT molecular complexity index is 250. The summed E-state index contributed by atoms with van der Waals surface area (Å²) in [6.07, 6.45) is 4.53. The second-order valence-electron chi connectivity index (χ2n) is 5.45. The van der Waals surface area contributed by atoms with E-state index >= 15 is 0 Å². The highest BCUT2D eigenvalue weighted by Gasteiger charge is 2.20. The van der Waals surface area contributed by atoms with Crippen molar-refractivity contribution >= 4 is 17.7 Å². The highest BCUT2D eigenvalue weighted by atomic mass is 32.2. The molecule has 0 saturated carbocycles. The summed E-state index contributed by atoms with van der Waals surface area (Å²) in [5, 5.41) is 2.66. The SMILES string of the molecule is CSCCC(C)(C)CC(C)OCCNC(=O)CON. The zero-order valence-corrected chi connectivity index (χ0v) is 13.3. The van der Waals surface area contributed by atoms with Gasteiger partial charge in [-0.2, -0.15) is 11.8 Å². The molecule has 6 heteroatoms. The average Bonchev–Trinajstić information content (AvgIpc) is 2.32. The molecule has 0 aromatic heterocycles. The third kappa shape index (κ3) is 11.2. The van der Waals surface area contributed by atoms with E-state index in [2.05, 4.69) is 37.2 Å². The van der Waals surface area contributed by atoms with Gasteiger partial charge in [-0.1, -0.05) is 13.8 Å². The van der Waals surface area contributed by atoms with Crippen molar-refractivity contribution in [3.8, 4) is 0 Å². The quantitative estimate of drug-likeness (QED) is 0.447. The van der Waals surface area contributed by atoms with Crippen molar-refractivity contribution in [2.24, 2.45) is 11.3 Å². The smallest absolute Gasteiger partial charge is 0.248 e. The Morgan fingerprint density at radius 3 is 2.74 bits per heavy atom. The molecule has 0 heterocycles. The number of carbonyl (C=O) groups excluding carboxylic acids is 1. The topological polar surface area (TPSA) is 73.6 Å². The van der Waals surface area contributed by atoms with Crippen LogP contribution in [0.3, 0.4) is 0 Å². The molecule has 0 rings (SSSR count). The van der Waals surface area contributed by atoms with Crippen molar-refractivity contribution in [1.82, 2.24) is 5.32 Å². The zero-order valence-electron chi connectivity index (χ0n) is 12.5. The number of amides is 1. The second kappa shape index (κ2) is 10.5. The maximum atomic E-state index is 11.1. The first kappa shape index (κ1) is 18.7. The molecule has 19 heavy (non-hydrogen) atoms. The predicted molar refractivity (Wildman–Crippen MR) is 80.0 cm³/mol. The van der Waals surface area contributed by atoms with E-state index in [1.54, 1.807) is 0 Å². The number of nitrogens with one attached hydrogen (secondary N) is 1. The summed E-state index contributed by atoms with van der Waals surface area (Å²) in [5.41, 5.74) is 0.291. The molecule has 0 aromatic rings. The van der Waals surface area contributed by atoms with E-state index in [-0.39, 0.29) is 18.6 Å². The van der Waals surface area contributed by atoms with Crippen LogP contribution in [-0.4, -0.2) is 43.8 Å². The van der Waals surface area contributed by atoms with Gasteiger partial charge in [-0.3, -0.25) is 9.63 Å². The molecule has 1 amide bonds. The van der Waals surface area contributed by atoms with E-state index in [1.807, 2.05) is 11.8 Å². The van der Waals surface area contributed by atoms with Crippen LogP contribution >= 0.6 is 11.8 Å². The van der Waals surface area contributed by atoms with Gasteiger partial charge in [0.05, 0.1) is 12.7 Å². The summed E-state index contributed by atoms with van der Waals surface area (Å²) >= 11 is 1.87. The van der Waals surface area contributed by atoms with Crippen molar-refractivity contribution in [3.63, 3.8) is 0 Å². The maximum absolute atomic E-state index is 11.1. The number of thioether (sulfide) groups is 1. The molecule has 0 aliphatic carbocycles. The van der Waals surface area contributed by atoms with Gasteiger partial charge in [-0.25, -0.2) is 5.90 Å². The molecule has 0 aliphatic heterocycles. The fourth-order valence-electron chi connectivity index (χ4n) is 1.89. The molecule has 114 valence electrons. The van der Waals surface area contributed by atoms with E-state index in [0.717, 1.165) is 6.42 Å². The van der Waals surface area contributed by atoms with Crippen molar-refractivity contribution in [2.75, 3.05) is 31.8 Å². The summed E-state index contributed by atoms with van der Waals surface area (Å²) in [5.74, 6) is 5.75. The van der Waals surface area contributed by atoms with Gasteiger partial charge in [-0.05, 0) is 37.2 Å². The van der Waals surface area contributed by atoms with E-state index in [9.17, 15) is 4.79 Å². The third-order valence-electron chi connectivity index (χ3n) is 2.86. The first-order chi connectivity index (χ1) is 8.91. The molecule has 1 atom stereocenters. The van der Waals surface area contributed by atoms with Gasteiger partial charge >= 0.3 is 0 Å². The number of hydrogen-bond donors (Lipinski definition) is 2. The first-order valence-electron chi connectivity index (χ1n) is 6.60. The molecular formula is C13H28N2O3S. The standard InChI is InChI=1S/C13H28N2O3S/c1-11(9-13(2,3)5-8-19-4)17-7-6-15-12(16)10-18-14/h11H,5-10,14H2,1-4H3,(H,15,16). The van der Waals surface area contributed by atoms with Crippen molar-refractivity contribution in [2.45, 2.75) is 39.7 Å². The Balaban J connectivity index is 3.68. The largest absolute Gasteiger partial charge is 0.377 e. The number of nitrogens with two attached hydrogens (primary N) is 1. The predicted octanol–water partition coefficient (Wildman–Crippen LogP) is 1.57. The lowest BCUT2D eigenvalue weighted by Gasteiger charge is -2.28. The van der Waals surface area contributed by atoms with Crippen LogP contribution in [0.15, 0.2) is 0 Å². The molecule has 3 N–H and O–H groups in total. The Kier molecular flexibility index (Phi) is 10.3. The summed E-state index contributed by atoms with van der Waals surface area (Å²) in [4.78, 5) is 15.3. The minimum absolute atomic E-state index is 0.114. The van der Waals surface area contributed by atoms with Crippen LogP contribution < -0.4 is 11.2 Å². The maximum Gasteiger partial charge on any atom is 0.248 e. The fourth-order valence-corrected chi connectivity index (χ4v) is 2.65. The van der Waals surface area contributed by atoms with Crippen molar-refractivity contribution in [3.05, 3.63) is 0 Å². The number of rotatable bonds is 11. The summed E-state index contributed by atoms with van der Waals surface area (Å²) in [6.45, 7) is 7.49. The molecule has 0 aliphatic rings. The lowest BCUT2D eigenvalue weighted by Crippen LogP contribution is -2.32. The first-order valence-corrected chi connectivity index (χ1v) is 7.99. The van der Waals surface area contributed by atoms with Crippen molar-refractivity contribution in [1.29, 1.82) is 0 Å². The molecule has 0 radical (unpaired) electrons. The Morgan fingerprint density at radius 1 is 1.47 bits per heavy atom. The number of carbonyl (C=O) groups is 1. The zero-order chi connectivity index (χ0) is 14.7. The van der Waals surface area contributed by atoms with Crippen LogP contribution in [0.25, 0.3) is 0 Å². The molecule has 0 spiro atoms. The summed E-state index contributed by atoms with van der Waals surface area (Å²) in [7, 11) is 0.